The van der Waals surface area contributed by atoms with Gasteiger partial charge in [-0.25, -0.2) is 5.01 Å². The molecule has 1 aliphatic rings. The molecule has 0 spiro atoms. The van der Waals surface area contributed by atoms with Crippen LogP contribution in [0.2, 0.25) is 0 Å². The first-order valence-electron chi connectivity index (χ1n) is 3.45. The minimum Gasteiger partial charge on any atom is -0.394 e. The Balaban J connectivity index is 2.53. The van der Waals surface area contributed by atoms with Crippen LogP contribution in [0.1, 0.15) is 6.42 Å². The Morgan fingerprint density at radius 3 is 2.91 bits per heavy atom. The molecule has 1 amide bonds. The molecule has 0 aromatic rings. The Morgan fingerprint density at radius 2 is 2.45 bits per heavy atom. The Morgan fingerprint density at radius 1 is 1.73 bits per heavy atom. The summed E-state index contributed by atoms with van der Waals surface area (Å²) in [5.74, 6) is -0.0838. The van der Waals surface area contributed by atoms with E-state index in [9.17, 15) is 4.79 Å². The molecule has 62 valence electrons. The number of hydrogen-bond acceptors (Lipinski definition) is 4. The van der Waals surface area contributed by atoms with Gasteiger partial charge in [0.15, 0.2) is 0 Å². The van der Waals surface area contributed by atoms with Crippen molar-refractivity contribution in [1.29, 1.82) is 0 Å². The molecule has 0 bridgehead atoms. The third kappa shape index (κ3) is 1.75. The number of amides is 1. The number of aliphatic hydroxyl groups excluding tert-OH is 1. The van der Waals surface area contributed by atoms with Gasteiger partial charge in [-0.3, -0.25) is 4.79 Å². The second kappa shape index (κ2) is 3.45. The second-order valence-electron chi connectivity index (χ2n) is 2.29. The second-order valence-corrected chi connectivity index (χ2v) is 2.29. The maximum atomic E-state index is 11.0. The molecule has 0 atom stereocenters. The van der Waals surface area contributed by atoms with Crippen LogP contribution in [0.3, 0.4) is 0 Å². The summed E-state index contributed by atoms with van der Waals surface area (Å²) in [6, 6.07) is 0. The molecular formula is C6H11N3O2. The number of hydrazone groups is 1. The third-order valence-corrected chi connectivity index (χ3v) is 1.45. The lowest BCUT2D eigenvalue weighted by Gasteiger charge is -2.07. The van der Waals surface area contributed by atoms with Gasteiger partial charge in [-0.2, -0.15) is 5.10 Å². The Hall–Kier alpha value is -0.940. The predicted octanol–water partition coefficient (Wildman–Crippen LogP) is -1.47. The number of nitrogens with zero attached hydrogens (tertiary/aromatic N) is 2. The van der Waals surface area contributed by atoms with Crippen molar-refractivity contribution in [3.8, 4) is 0 Å². The van der Waals surface area contributed by atoms with Crippen molar-refractivity contribution in [1.82, 2.24) is 5.01 Å². The van der Waals surface area contributed by atoms with Crippen LogP contribution in [0.5, 0.6) is 0 Å². The van der Waals surface area contributed by atoms with Crippen LogP contribution in [-0.4, -0.2) is 41.4 Å². The smallest absolute Gasteiger partial charge is 0.248 e. The van der Waals surface area contributed by atoms with Gasteiger partial charge in [-0.05, 0) is 0 Å². The Bertz CT molecular complexity index is 190. The van der Waals surface area contributed by atoms with Gasteiger partial charge in [0.2, 0.25) is 5.91 Å². The van der Waals surface area contributed by atoms with E-state index in [0.717, 1.165) is 0 Å². The molecule has 1 heterocycles. The zero-order chi connectivity index (χ0) is 8.27. The van der Waals surface area contributed by atoms with Crippen LogP contribution in [0.4, 0.5) is 0 Å². The fourth-order valence-corrected chi connectivity index (χ4v) is 0.910. The van der Waals surface area contributed by atoms with Crippen LogP contribution in [0, 0.1) is 0 Å². The number of aliphatic hydroxyl groups is 1. The van der Waals surface area contributed by atoms with E-state index in [4.69, 9.17) is 10.8 Å². The number of hydrogen-bond donors (Lipinski definition) is 2. The van der Waals surface area contributed by atoms with E-state index in [1.807, 2.05) is 0 Å². The molecule has 0 aromatic heterocycles. The Labute approximate surface area is 64.5 Å². The molecule has 0 unspecified atom stereocenters. The minimum atomic E-state index is -0.0838. The summed E-state index contributed by atoms with van der Waals surface area (Å²) in [6.07, 6.45) is 0.302. The molecule has 5 heteroatoms. The van der Waals surface area contributed by atoms with Gasteiger partial charge in [-0.1, -0.05) is 0 Å². The summed E-state index contributed by atoms with van der Waals surface area (Å²) in [4.78, 5) is 11.0. The van der Waals surface area contributed by atoms with Crippen LogP contribution in [0.15, 0.2) is 5.10 Å². The van der Waals surface area contributed by atoms with E-state index in [1.54, 1.807) is 0 Å². The highest BCUT2D eigenvalue weighted by molar-refractivity contribution is 6.05. The average molecular weight is 157 g/mol. The number of carbonyl (C=O) groups excluding carboxylic acids is 1. The van der Waals surface area contributed by atoms with E-state index in [-0.39, 0.29) is 19.1 Å². The molecular weight excluding hydrogens is 146 g/mol. The van der Waals surface area contributed by atoms with Crippen molar-refractivity contribution in [2.75, 3.05) is 19.7 Å². The largest absolute Gasteiger partial charge is 0.394 e. The summed E-state index contributed by atoms with van der Waals surface area (Å²) < 4.78 is 0. The van der Waals surface area contributed by atoms with E-state index in [1.165, 1.54) is 5.01 Å². The van der Waals surface area contributed by atoms with Crippen molar-refractivity contribution in [2.45, 2.75) is 6.42 Å². The van der Waals surface area contributed by atoms with Gasteiger partial charge < -0.3 is 10.8 Å². The average Bonchev–Trinajstić information content (AvgIpc) is 2.33. The minimum absolute atomic E-state index is 0.0624. The molecule has 11 heavy (non-hydrogen) atoms. The summed E-state index contributed by atoms with van der Waals surface area (Å²) in [6.45, 7) is 0.517. The highest BCUT2D eigenvalue weighted by Crippen LogP contribution is 2.05. The normalized spacial score (nSPS) is 17.5. The van der Waals surface area contributed by atoms with Crippen LogP contribution in [-0.2, 0) is 4.79 Å². The van der Waals surface area contributed by atoms with Crippen molar-refractivity contribution < 1.29 is 9.90 Å². The van der Waals surface area contributed by atoms with E-state index >= 15 is 0 Å². The molecule has 1 aliphatic heterocycles. The maximum Gasteiger partial charge on any atom is 0.248 e. The van der Waals surface area contributed by atoms with Crippen molar-refractivity contribution in [3.05, 3.63) is 0 Å². The maximum absolute atomic E-state index is 11.0. The van der Waals surface area contributed by atoms with Crippen LogP contribution >= 0.6 is 0 Å². The summed E-state index contributed by atoms with van der Waals surface area (Å²) >= 11 is 0. The lowest BCUT2D eigenvalue weighted by molar-refractivity contribution is -0.129. The van der Waals surface area contributed by atoms with Crippen LogP contribution < -0.4 is 5.73 Å². The predicted molar refractivity (Wildman–Crippen MR) is 39.9 cm³/mol. The van der Waals surface area contributed by atoms with E-state index in [0.29, 0.717) is 18.7 Å². The molecule has 5 nitrogen and oxygen atoms in total. The topological polar surface area (TPSA) is 78.9 Å². The number of rotatable bonds is 3. The van der Waals surface area contributed by atoms with Gasteiger partial charge >= 0.3 is 0 Å². The molecule has 1 rings (SSSR count). The van der Waals surface area contributed by atoms with Crippen molar-refractivity contribution in [2.24, 2.45) is 10.8 Å². The summed E-state index contributed by atoms with van der Waals surface area (Å²) in [5, 5.41) is 13.7. The number of β-amino-alcohol motifs (C(OH)–C–C–N with tert-alkyl or cyclic N) is 1. The molecule has 0 saturated heterocycles. The molecule has 3 N–H and O–H groups in total. The molecule has 0 aromatic carbocycles. The lowest BCUT2D eigenvalue weighted by atomic mass is 10.3. The molecule has 0 radical (unpaired) electrons. The highest BCUT2D eigenvalue weighted by atomic mass is 16.3. The molecule has 0 saturated carbocycles. The Kier molecular flexibility index (Phi) is 2.56. The van der Waals surface area contributed by atoms with Crippen LogP contribution in [0.25, 0.3) is 0 Å². The van der Waals surface area contributed by atoms with Gasteiger partial charge in [0.25, 0.3) is 0 Å². The zero-order valence-corrected chi connectivity index (χ0v) is 6.16. The van der Waals surface area contributed by atoms with Gasteiger partial charge in [0.05, 0.1) is 25.3 Å². The number of carbonyl (C=O) groups is 1. The summed E-state index contributed by atoms with van der Waals surface area (Å²) in [5.41, 5.74) is 5.97. The fraction of sp³-hybridized carbons (Fsp3) is 0.667. The third-order valence-electron chi connectivity index (χ3n) is 1.45. The monoisotopic (exact) mass is 157 g/mol. The molecule has 0 aliphatic carbocycles. The zero-order valence-electron chi connectivity index (χ0n) is 6.16. The molecule has 0 fully saturated rings. The van der Waals surface area contributed by atoms with Gasteiger partial charge in [0, 0.05) is 6.54 Å². The summed E-state index contributed by atoms with van der Waals surface area (Å²) in [7, 11) is 0. The SMILES string of the molecule is NCC1=NN(CCO)C(=O)C1. The first-order valence-corrected chi connectivity index (χ1v) is 3.45. The van der Waals surface area contributed by atoms with Gasteiger partial charge in [0.1, 0.15) is 0 Å². The lowest BCUT2D eigenvalue weighted by Crippen LogP contribution is -2.23. The standard InChI is InChI=1S/C6H11N3O2/c7-4-5-3-6(11)9(8-5)1-2-10/h10H,1-4,7H2. The first kappa shape index (κ1) is 8.16. The quantitative estimate of drug-likeness (QED) is 0.524. The van der Waals surface area contributed by atoms with Crippen molar-refractivity contribution in [3.63, 3.8) is 0 Å². The number of nitrogens with two attached hydrogens (primary N) is 1. The van der Waals surface area contributed by atoms with E-state index < -0.39 is 0 Å². The van der Waals surface area contributed by atoms with E-state index in [2.05, 4.69) is 5.10 Å². The fourth-order valence-electron chi connectivity index (χ4n) is 0.910. The van der Waals surface area contributed by atoms with Crippen molar-refractivity contribution >= 4 is 11.6 Å². The first-order chi connectivity index (χ1) is 5.27. The highest BCUT2D eigenvalue weighted by Gasteiger charge is 2.21. The van der Waals surface area contributed by atoms with Gasteiger partial charge in [-0.15, -0.1) is 0 Å².